The summed E-state index contributed by atoms with van der Waals surface area (Å²) < 4.78 is 5.21. The minimum Gasteiger partial charge on any atom is -0.450 e. The minimum absolute atomic E-state index is 0. The predicted molar refractivity (Wildman–Crippen MR) is 70.1 cm³/mol. The monoisotopic (exact) mass is 332 g/mol. The summed E-state index contributed by atoms with van der Waals surface area (Å²) in [6.45, 7) is 0. The fourth-order valence-corrected chi connectivity index (χ4v) is 1.65. The quantitative estimate of drug-likeness (QED) is 0.374. The Morgan fingerprint density at radius 1 is 1.11 bits per heavy atom. The molecule has 0 saturated heterocycles. The molecule has 0 N–H and O–H groups in total. The Hall–Kier alpha value is -0.556. The first kappa shape index (κ1) is 15.5. The van der Waals surface area contributed by atoms with Gasteiger partial charge in [0, 0.05) is 38.5 Å². The molecule has 0 bridgehead atoms. The number of hydrogen-bond donors (Lipinski definition) is 0. The molecule has 2 rings (SSSR count). The molecule has 18 heavy (non-hydrogen) atoms. The fraction of sp³-hybridized carbons (Fsp3) is 0.0714. The van der Waals surface area contributed by atoms with Crippen LogP contribution in [0.1, 0.15) is 15.9 Å². The van der Waals surface area contributed by atoms with Gasteiger partial charge in [0.15, 0.2) is 0 Å². The maximum Gasteiger partial charge on any atom is 0.341 e. The largest absolute Gasteiger partial charge is 0.450 e. The van der Waals surface area contributed by atoms with Gasteiger partial charge in [-0.3, -0.25) is 0 Å². The zero-order chi connectivity index (χ0) is 12.1. The number of carbonyl (C=O) groups is 1. The van der Waals surface area contributed by atoms with Gasteiger partial charge in [0.25, 0.3) is 0 Å². The number of rotatable bonds is 3. The maximum absolute atomic E-state index is 11.8. The minimum atomic E-state index is -0.341. The molecule has 0 heterocycles. The van der Waals surface area contributed by atoms with Crippen LogP contribution in [0, 0.1) is 6.07 Å². The zero-order valence-electron chi connectivity index (χ0n) is 9.80. The molecular formula is C14H12O2PY-. The molecule has 0 spiro atoms. The van der Waals surface area contributed by atoms with E-state index in [2.05, 4.69) is 15.3 Å². The van der Waals surface area contributed by atoms with Gasteiger partial charge in [-0.15, -0.1) is 21.4 Å². The number of benzene rings is 2. The van der Waals surface area contributed by atoms with Gasteiger partial charge in [-0.05, 0) is 23.9 Å². The van der Waals surface area contributed by atoms with Crippen molar-refractivity contribution in [2.24, 2.45) is 0 Å². The Balaban J connectivity index is 0.00000162. The summed E-state index contributed by atoms with van der Waals surface area (Å²) in [7, 11) is 2.64. The maximum atomic E-state index is 11.8. The first-order chi connectivity index (χ1) is 8.29. The Morgan fingerprint density at radius 3 is 2.28 bits per heavy atom. The van der Waals surface area contributed by atoms with E-state index in [1.807, 2.05) is 12.1 Å². The molecule has 0 saturated carbocycles. The number of esters is 1. The van der Waals surface area contributed by atoms with Gasteiger partial charge in [-0.25, -0.2) is 4.79 Å². The average molecular weight is 332 g/mol. The van der Waals surface area contributed by atoms with Crippen molar-refractivity contribution in [1.82, 2.24) is 0 Å². The summed E-state index contributed by atoms with van der Waals surface area (Å²) in [5.74, 6) is 0.190. The fourth-order valence-electron chi connectivity index (χ4n) is 1.38. The molecule has 0 aliphatic rings. The van der Waals surface area contributed by atoms with Crippen LogP contribution in [0.5, 0.6) is 5.75 Å². The van der Waals surface area contributed by atoms with Crippen molar-refractivity contribution in [3.63, 3.8) is 0 Å². The van der Waals surface area contributed by atoms with E-state index in [-0.39, 0.29) is 38.7 Å². The van der Waals surface area contributed by atoms with E-state index < -0.39 is 0 Å². The Kier molecular flexibility index (Phi) is 6.71. The van der Waals surface area contributed by atoms with Crippen LogP contribution in [0.2, 0.25) is 0 Å². The summed E-state index contributed by atoms with van der Waals surface area (Å²) in [6, 6.07) is 17.1. The van der Waals surface area contributed by atoms with Crippen LogP contribution in [0.3, 0.4) is 0 Å². The van der Waals surface area contributed by atoms with Crippen molar-refractivity contribution in [3.05, 3.63) is 65.7 Å². The smallest absolute Gasteiger partial charge is 0.341 e. The van der Waals surface area contributed by atoms with Crippen LogP contribution < -0.4 is 4.74 Å². The molecule has 1 radical (unpaired) electrons. The van der Waals surface area contributed by atoms with Crippen molar-refractivity contribution in [2.75, 3.05) is 0 Å². The second-order valence-corrected chi connectivity index (χ2v) is 3.93. The van der Waals surface area contributed by atoms with Crippen LogP contribution in [-0.2, 0) is 38.9 Å². The van der Waals surface area contributed by atoms with Crippen LogP contribution in [0.25, 0.3) is 0 Å². The molecule has 1 unspecified atom stereocenters. The van der Waals surface area contributed by atoms with Crippen molar-refractivity contribution >= 4 is 15.2 Å². The van der Waals surface area contributed by atoms with Crippen molar-refractivity contribution in [1.29, 1.82) is 0 Å². The molecule has 0 aliphatic carbocycles. The molecule has 0 amide bonds. The molecule has 0 aromatic heterocycles. The zero-order valence-corrected chi connectivity index (χ0v) is 13.8. The first-order valence-electron chi connectivity index (χ1n) is 5.27. The third kappa shape index (κ3) is 4.28. The van der Waals surface area contributed by atoms with Gasteiger partial charge in [0.1, 0.15) is 0 Å². The molecule has 4 heteroatoms. The van der Waals surface area contributed by atoms with Gasteiger partial charge in [-0.1, -0.05) is 12.1 Å². The Bertz CT molecular complexity index is 497. The summed E-state index contributed by atoms with van der Waals surface area (Å²) in [6.07, 6.45) is 0.879. The third-order valence-electron chi connectivity index (χ3n) is 2.32. The molecule has 0 aliphatic heterocycles. The van der Waals surface area contributed by atoms with Crippen LogP contribution in [0.4, 0.5) is 0 Å². The molecule has 2 aromatic rings. The van der Waals surface area contributed by atoms with Crippen LogP contribution in [0.15, 0.2) is 48.5 Å². The average Bonchev–Trinajstić information content (AvgIpc) is 2.40. The summed E-state index contributed by atoms with van der Waals surface area (Å²) in [4.78, 5) is 11.8. The van der Waals surface area contributed by atoms with E-state index in [9.17, 15) is 4.79 Å². The van der Waals surface area contributed by atoms with Crippen molar-refractivity contribution in [2.45, 2.75) is 6.16 Å². The summed E-state index contributed by atoms with van der Waals surface area (Å²) in [5.41, 5.74) is 1.72. The van der Waals surface area contributed by atoms with E-state index in [1.54, 1.807) is 36.4 Å². The topological polar surface area (TPSA) is 26.3 Å². The van der Waals surface area contributed by atoms with E-state index in [4.69, 9.17) is 4.74 Å². The predicted octanol–water partition coefficient (Wildman–Crippen LogP) is 3.08. The Labute approximate surface area is 134 Å². The molecule has 2 aromatic carbocycles. The molecule has 0 fully saturated rings. The summed E-state index contributed by atoms with van der Waals surface area (Å²) in [5, 5.41) is 0. The van der Waals surface area contributed by atoms with E-state index >= 15 is 0 Å². The van der Waals surface area contributed by atoms with Crippen molar-refractivity contribution in [3.8, 4) is 5.75 Å². The van der Waals surface area contributed by atoms with Gasteiger partial charge in [0.2, 0.25) is 0 Å². The second kappa shape index (κ2) is 7.79. The van der Waals surface area contributed by atoms with Gasteiger partial charge >= 0.3 is 5.97 Å². The number of hydrogen-bond acceptors (Lipinski definition) is 2. The van der Waals surface area contributed by atoms with Crippen molar-refractivity contribution < 1.29 is 42.2 Å². The molecule has 1 atom stereocenters. The number of carbonyl (C=O) groups excluding carboxylic acids is 1. The molecule has 89 valence electrons. The van der Waals surface area contributed by atoms with E-state index in [1.165, 1.54) is 5.56 Å². The Morgan fingerprint density at radius 2 is 1.72 bits per heavy atom. The van der Waals surface area contributed by atoms with Gasteiger partial charge in [0.05, 0.1) is 5.56 Å². The van der Waals surface area contributed by atoms with E-state index in [0.29, 0.717) is 11.3 Å². The molecule has 2 nitrogen and oxygen atoms in total. The first-order valence-corrected chi connectivity index (χ1v) is 6.08. The normalized spacial score (nSPS) is 9.39. The van der Waals surface area contributed by atoms with Gasteiger partial charge < -0.3 is 4.74 Å². The summed E-state index contributed by atoms with van der Waals surface area (Å²) >= 11 is 0. The van der Waals surface area contributed by atoms with E-state index in [0.717, 1.165) is 6.16 Å². The standard InChI is InChI=1S/C14H12O2P.Y/c15-14(16-13-4-2-1-3-5-13)12-8-6-11(10-17)7-9-12;/h2-9H,10,17H2;/q-1;. The van der Waals surface area contributed by atoms with Crippen LogP contribution >= 0.6 is 9.24 Å². The third-order valence-corrected chi connectivity index (χ3v) is 2.79. The number of ether oxygens (including phenoxy) is 1. The second-order valence-electron chi connectivity index (χ2n) is 3.53. The SMILES string of the molecule is O=C(Oc1cc[c-]cc1)c1ccc(CP)cc1.[Y]. The van der Waals surface area contributed by atoms with Gasteiger partial charge in [-0.2, -0.15) is 18.2 Å². The van der Waals surface area contributed by atoms with Crippen LogP contribution in [-0.4, -0.2) is 5.97 Å². The molecular weight excluding hydrogens is 320 g/mol.